The van der Waals surface area contributed by atoms with Crippen LogP contribution in [-0.4, -0.2) is 16.7 Å². The SMILES string of the molecule is Cl.Cl.NCC(NO)c1c[nH]c2ccc(Br)cc12. The maximum atomic E-state index is 8.97. The van der Waals surface area contributed by atoms with E-state index in [9.17, 15) is 0 Å². The summed E-state index contributed by atoms with van der Waals surface area (Å²) in [6.07, 6.45) is 1.86. The van der Waals surface area contributed by atoms with Gasteiger partial charge in [-0.05, 0) is 23.8 Å². The first-order valence-electron chi connectivity index (χ1n) is 4.62. The molecule has 7 heteroatoms. The Morgan fingerprint density at radius 1 is 1.41 bits per heavy atom. The second-order valence-corrected chi connectivity index (χ2v) is 4.27. The molecule has 0 aliphatic heterocycles. The normalized spacial score (nSPS) is 11.7. The minimum absolute atomic E-state index is 0. The molecular weight excluding hydrogens is 329 g/mol. The van der Waals surface area contributed by atoms with Crippen molar-refractivity contribution in [2.75, 3.05) is 6.54 Å². The summed E-state index contributed by atoms with van der Waals surface area (Å²) in [5.41, 5.74) is 9.76. The Balaban J connectivity index is 0.00000128. The fourth-order valence-corrected chi connectivity index (χ4v) is 2.01. The van der Waals surface area contributed by atoms with Crippen molar-refractivity contribution in [1.82, 2.24) is 10.5 Å². The molecule has 1 unspecified atom stereocenters. The van der Waals surface area contributed by atoms with Crippen LogP contribution in [0.1, 0.15) is 11.6 Å². The molecule has 1 atom stereocenters. The first kappa shape index (κ1) is 16.7. The fourth-order valence-electron chi connectivity index (χ4n) is 1.65. The van der Waals surface area contributed by atoms with Gasteiger partial charge in [-0.3, -0.25) is 0 Å². The summed E-state index contributed by atoms with van der Waals surface area (Å²) >= 11 is 3.42. The predicted molar refractivity (Wildman–Crippen MR) is 77.2 cm³/mol. The van der Waals surface area contributed by atoms with Gasteiger partial charge in [-0.1, -0.05) is 15.9 Å². The lowest BCUT2D eigenvalue weighted by atomic mass is 10.1. The van der Waals surface area contributed by atoms with Crippen LogP contribution >= 0.6 is 40.7 Å². The zero-order chi connectivity index (χ0) is 10.8. The van der Waals surface area contributed by atoms with Crippen LogP contribution in [0.4, 0.5) is 0 Å². The second-order valence-electron chi connectivity index (χ2n) is 3.35. The zero-order valence-corrected chi connectivity index (χ0v) is 12.0. The van der Waals surface area contributed by atoms with Crippen molar-refractivity contribution >= 4 is 51.6 Å². The first-order chi connectivity index (χ1) is 7.26. The second kappa shape index (κ2) is 7.20. The Labute approximate surface area is 120 Å². The zero-order valence-electron chi connectivity index (χ0n) is 8.81. The van der Waals surface area contributed by atoms with Gasteiger partial charge in [-0.25, -0.2) is 0 Å². The van der Waals surface area contributed by atoms with E-state index in [2.05, 4.69) is 26.4 Å². The van der Waals surface area contributed by atoms with Crippen molar-refractivity contribution in [1.29, 1.82) is 0 Å². The number of aromatic nitrogens is 1. The van der Waals surface area contributed by atoms with E-state index in [-0.39, 0.29) is 30.9 Å². The van der Waals surface area contributed by atoms with E-state index in [1.807, 2.05) is 24.4 Å². The molecule has 0 saturated carbocycles. The average molecular weight is 343 g/mol. The molecule has 2 aromatic rings. The van der Waals surface area contributed by atoms with Gasteiger partial charge in [0, 0.05) is 28.1 Å². The number of nitrogens with one attached hydrogen (secondary N) is 2. The largest absolute Gasteiger partial charge is 0.361 e. The molecule has 0 aliphatic rings. The van der Waals surface area contributed by atoms with Crippen LogP contribution < -0.4 is 11.2 Å². The third kappa shape index (κ3) is 3.34. The third-order valence-electron chi connectivity index (χ3n) is 2.44. The van der Waals surface area contributed by atoms with Gasteiger partial charge in [0.2, 0.25) is 0 Å². The van der Waals surface area contributed by atoms with Gasteiger partial charge in [0.05, 0.1) is 6.04 Å². The van der Waals surface area contributed by atoms with E-state index >= 15 is 0 Å². The monoisotopic (exact) mass is 341 g/mol. The van der Waals surface area contributed by atoms with Crippen molar-refractivity contribution in [2.45, 2.75) is 6.04 Å². The summed E-state index contributed by atoms with van der Waals surface area (Å²) in [5.74, 6) is 0. The van der Waals surface area contributed by atoms with Crippen LogP contribution in [0.3, 0.4) is 0 Å². The molecule has 1 aromatic carbocycles. The molecule has 96 valence electrons. The number of nitrogens with two attached hydrogens (primary N) is 1. The molecule has 0 fully saturated rings. The van der Waals surface area contributed by atoms with Crippen molar-refractivity contribution < 1.29 is 5.21 Å². The molecule has 0 aliphatic carbocycles. The van der Waals surface area contributed by atoms with E-state index in [4.69, 9.17) is 10.9 Å². The lowest BCUT2D eigenvalue weighted by Crippen LogP contribution is -2.25. The molecular formula is C10H14BrCl2N3O. The maximum Gasteiger partial charge on any atom is 0.0712 e. The number of hydrogen-bond acceptors (Lipinski definition) is 3. The van der Waals surface area contributed by atoms with E-state index in [0.717, 1.165) is 20.9 Å². The van der Waals surface area contributed by atoms with E-state index in [1.165, 1.54) is 0 Å². The number of rotatable bonds is 3. The van der Waals surface area contributed by atoms with Crippen LogP contribution in [0.15, 0.2) is 28.9 Å². The Hall–Kier alpha value is -0.300. The number of hydroxylamine groups is 1. The van der Waals surface area contributed by atoms with Crippen molar-refractivity contribution in [3.05, 3.63) is 34.4 Å². The van der Waals surface area contributed by atoms with Crippen molar-refractivity contribution in [3.8, 4) is 0 Å². The smallest absolute Gasteiger partial charge is 0.0712 e. The molecule has 0 amide bonds. The van der Waals surface area contributed by atoms with Gasteiger partial charge in [-0.15, -0.1) is 24.8 Å². The minimum atomic E-state index is -0.243. The van der Waals surface area contributed by atoms with Crippen molar-refractivity contribution in [2.24, 2.45) is 5.73 Å². The van der Waals surface area contributed by atoms with Gasteiger partial charge in [0.25, 0.3) is 0 Å². The number of H-pyrrole nitrogens is 1. The minimum Gasteiger partial charge on any atom is -0.361 e. The Morgan fingerprint density at radius 3 is 2.71 bits per heavy atom. The van der Waals surface area contributed by atoms with Crippen molar-refractivity contribution in [3.63, 3.8) is 0 Å². The lowest BCUT2D eigenvalue weighted by Gasteiger charge is -2.11. The molecule has 4 nitrogen and oxygen atoms in total. The summed E-state index contributed by atoms with van der Waals surface area (Å²) < 4.78 is 1.00. The topological polar surface area (TPSA) is 74.1 Å². The molecule has 2 rings (SSSR count). The number of halogens is 3. The standard InChI is InChI=1S/C10H12BrN3O.2ClH/c11-6-1-2-9-7(3-6)8(5-13-9)10(4-12)14-15;;/h1-3,5,10,13-15H,4,12H2;2*1H. The Morgan fingerprint density at radius 2 is 2.12 bits per heavy atom. The van der Waals surface area contributed by atoms with Gasteiger partial charge >= 0.3 is 0 Å². The first-order valence-corrected chi connectivity index (χ1v) is 5.41. The van der Waals surface area contributed by atoms with E-state index in [0.29, 0.717) is 6.54 Å². The molecule has 17 heavy (non-hydrogen) atoms. The summed E-state index contributed by atoms with van der Waals surface area (Å²) in [5, 5.41) is 10.0. The lowest BCUT2D eigenvalue weighted by molar-refractivity contribution is 0.129. The van der Waals surface area contributed by atoms with Crippen LogP contribution in [-0.2, 0) is 0 Å². The van der Waals surface area contributed by atoms with Crippen LogP contribution in [0, 0.1) is 0 Å². The van der Waals surface area contributed by atoms with Gasteiger partial charge < -0.3 is 15.9 Å². The van der Waals surface area contributed by atoms with Crippen LogP contribution in [0.2, 0.25) is 0 Å². The molecule has 0 spiro atoms. The quantitative estimate of drug-likeness (QED) is 0.648. The molecule has 0 bridgehead atoms. The highest BCUT2D eigenvalue weighted by molar-refractivity contribution is 9.10. The Bertz CT molecular complexity index is 474. The average Bonchev–Trinajstić information content (AvgIpc) is 2.64. The maximum absolute atomic E-state index is 8.97. The molecule has 1 aromatic heterocycles. The molecule has 0 radical (unpaired) electrons. The molecule has 5 N–H and O–H groups in total. The van der Waals surface area contributed by atoms with E-state index in [1.54, 1.807) is 0 Å². The highest BCUT2D eigenvalue weighted by atomic mass is 79.9. The highest BCUT2D eigenvalue weighted by Gasteiger charge is 2.13. The summed E-state index contributed by atoms with van der Waals surface area (Å²) in [6.45, 7) is 0.343. The summed E-state index contributed by atoms with van der Waals surface area (Å²) in [4.78, 5) is 3.14. The van der Waals surface area contributed by atoms with Gasteiger partial charge in [0.15, 0.2) is 0 Å². The third-order valence-corrected chi connectivity index (χ3v) is 2.94. The number of benzene rings is 1. The Kier molecular flexibility index (Phi) is 7.08. The highest BCUT2D eigenvalue weighted by Crippen LogP contribution is 2.26. The number of aromatic amines is 1. The predicted octanol–water partition coefficient (Wildman–Crippen LogP) is 2.75. The van der Waals surface area contributed by atoms with Crippen LogP contribution in [0.5, 0.6) is 0 Å². The fraction of sp³-hybridized carbons (Fsp3) is 0.200. The summed E-state index contributed by atoms with van der Waals surface area (Å²) in [6, 6.07) is 5.70. The molecule has 0 saturated heterocycles. The summed E-state index contributed by atoms with van der Waals surface area (Å²) in [7, 11) is 0. The molecule has 1 heterocycles. The van der Waals surface area contributed by atoms with Gasteiger partial charge in [0.1, 0.15) is 0 Å². The van der Waals surface area contributed by atoms with Crippen LogP contribution in [0.25, 0.3) is 10.9 Å². The van der Waals surface area contributed by atoms with Gasteiger partial charge in [-0.2, -0.15) is 5.48 Å². The number of fused-ring (bicyclic) bond motifs is 1. The number of hydrogen-bond donors (Lipinski definition) is 4. The van der Waals surface area contributed by atoms with E-state index < -0.39 is 0 Å².